The summed E-state index contributed by atoms with van der Waals surface area (Å²) in [6.45, 7) is 0. The van der Waals surface area contributed by atoms with Gasteiger partial charge in [0.1, 0.15) is 17.5 Å². The summed E-state index contributed by atoms with van der Waals surface area (Å²) in [4.78, 5) is 3.65. The van der Waals surface area contributed by atoms with Crippen molar-refractivity contribution in [1.82, 2.24) is 10.3 Å². The summed E-state index contributed by atoms with van der Waals surface area (Å²) < 4.78 is 40.8. The molecular weight excluding hydrogens is 253 g/mol. The molecule has 0 bridgehead atoms. The number of benzene rings is 1. The van der Waals surface area contributed by atoms with Crippen molar-refractivity contribution in [3.05, 3.63) is 65.2 Å². The van der Waals surface area contributed by atoms with Gasteiger partial charge >= 0.3 is 0 Å². The highest BCUT2D eigenvalue weighted by atomic mass is 19.1. The molecule has 0 aliphatic carbocycles. The van der Waals surface area contributed by atoms with Crippen molar-refractivity contribution < 1.29 is 13.2 Å². The van der Waals surface area contributed by atoms with Gasteiger partial charge in [-0.1, -0.05) is 6.07 Å². The molecule has 0 saturated heterocycles. The fourth-order valence-electron chi connectivity index (χ4n) is 1.97. The smallest absolute Gasteiger partial charge is 0.146 e. The molecule has 1 unspecified atom stereocenters. The molecule has 5 heteroatoms. The molecule has 0 aliphatic rings. The average molecular weight is 266 g/mol. The van der Waals surface area contributed by atoms with E-state index in [0.717, 1.165) is 6.20 Å². The van der Waals surface area contributed by atoms with Crippen LogP contribution in [-0.4, -0.2) is 12.0 Å². The van der Waals surface area contributed by atoms with Crippen LogP contribution in [-0.2, 0) is 6.42 Å². The molecule has 1 aromatic carbocycles. The Morgan fingerprint density at radius 1 is 1.11 bits per heavy atom. The zero-order valence-corrected chi connectivity index (χ0v) is 10.3. The molecule has 0 fully saturated rings. The maximum Gasteiger partial charge on any atom is 0.146 e. The number of rotatable bonds is 4. The van der Waals surface area contributed by atoms with Crippen molar-refractivity contribution in [3.8, 4) is 0 Å². The standard InChI is InChI=1S/C14H13F3N2/c1-18-14(9-5-6-19-8-13(9)17)7-10-11(15)3-2-4-12(10)16/h2-6,8,14,18H,7H2,1H3. The molecule has 2 nitrogen and oxygen atoms in total. The van der Waals surface area contributed by atoms with Crippen LogP contribution in [0.5, 0.6) is 0 Å². The van der Waals surface area contributed by atoms with Gasteiger partial charge in [0, 0.05) is 23.4 Å². The summed E-state index contributed by atoms with van der Waals surface area (Å²) in [7, 11) is 1.61. The maximum absolute atomic E-state index is 13.6. The Hall–Kier alpha value is -1.88. The largest absolute Gasteiger partial charge is 0.313 e. The first kappa shape index (κ1) is 13.5. The lowest BCUT2D eigenvalue weighted by molar-refractivity contribution is 0.495. The molecule has 1 atom stereocenters. The van der Waals surface area contributed by atoms with Crippen molar-refractivity contribution in [2.45, 2.75) is 12.5 Å². The van der Waals surface area contributed by atoms with Gasteiger partial charge in [0.25, 0.3) is 0 Å². The van der Waals surface area contributed by atoms with E-state index in [2.05, 4.69) is 10.3 Å². The van der Waals surface area contributed by atoms with Gasteiger partial charge in [0.2, 0.25) is 0 Å². The third kappa shape index (κ3) is 2.93. The molecule has 0 spiro atoms. The average Bonchev–Trinajstić information content (AvgIpc) is 2.40. The number of hydrogen-bond acceptors (Lipinski definition) is 2. The molecule has 19 heavy (non-hydrogen) atoms. The summed E-state index contributed by atoms with van der Waals surface area (Å²) in [5.74, 6) is -1.76. The first-order valence-electron chi connectivity index (χ1n) is 5.83. The Kier molecular flexibility index (Phi) is 4.16. The third-order valence-corrected chi connectivity index (χ3v) is 3.00. The van der Waals surface area contributed by atoms with E-state index in [1.54, 1.807) is 7.05 Å². The quantitative estimate of drug-likeness (QED) is 0.920. The van der Waals surface area contributed by atoms with E-state index in [1.165, 1.54) is 30.5 Å². The van der Waals surface area contributed by atoms with Crippen molar-refractivity contribution in [2.75, 3.05) is 7.05 Å². The van der Waals surface area contributed by atoms with Crippen LogP contribution in [0.3, 0.4) is 0 Å². The van der Waals surface area contributed by atoms with Crippen molar-refractivity contribution in [1.29, 1.82) is 0 Å². The molecular formula is C14H13F3N2. The predicted molar refractivity (Wildman–Crippen MR) is 66.1 cm³/mol. The van der Waals surface area contributed by atoms with Crippen LogP contribution >= 0.6 is 0 Å². The molecule has 0 saturated carbocycles. The molecule has 2 rings (SSSR count). The third-order valence-electron chi connectivity index (χ3n) is 3.00. The lowest BCUT2D eigenvalue weighted by Crippen LogP contribution is -2.21. The van der Waals surface area contributed by atoms with E-state index in [1.807, 2.05) is 0 Å². The summed E-state index contributed by atoms with van der Waals surface area (Å²) in [5.41, 5.74) is 0.276. The summed E-state index contributed by atoms with van der Waals surface area (Å²) in [6.07, 6.45) is 2.55. The fraction of sp³-hybridized carbons (Fsp3) is 0.214. The van der Waals surface area contributed by atoms with Gasteiger partial charge in [-0.3, -0.25) is 4.98 Å². The Morgan fingerprint density at radius 2 is 1.79 bits per heavy atom. The second-order valence-corrected chi connectivity index (χ2v) is 4.14. The second kappa shape index (κ2) is 5.84. The predicted octanol–water partition coefficient (Wildman–Crippen LogP) is 3.00. The maximum atomic E-state index is 13.6. The Bertz CT molecular complexity index is 552. The normalized spacial score (nSPS) is 12.4. The lowest BCUT2D eigenvalue weighted by atomic mass is 9.98. The molecule has 0 radical (unpaired) electrons. The van der Waals surface area contributed by atoms with E-state index in [4.69, 9.17) is 0 Å². The fourth-order valence-corrected chi connectivity index (χ4v) is 1.97. The molecule has 2 aromatic rings. The van der Waals surface area contributed by atoms with Gasteiger partial charge in [0.05, 0.1) is 6.20 Å². The van der Waals surface area contributed by atoms with Gasteiger partial charge in [0.15, 0.2) is 0 Å². The van der Waals surface area contributed by atoms with Gasteiger partial charge in [-0.05, 0) is 31.7 Å². The van der Waals surface area contributed by atoms with Gasteiger partial charge in [-0.15, -0.1) is 0 Å². The van der Waals surface area contributed by atoms with Crippen LogP contribution in [0.25, 0.3) is 0 Å². The van der Waals surface area contributed by atoms with Crippen LogP contribution in [0.2, 0.25) is 0 Å². The minimum atomic E-state index is -0.630. The van der Waals surface area contributed by atoms with Crippen LogP contribution in [0.1, 0.15) is 17.2 Å². The Morgan fingerprint density at radius 3 is 2.37 bits per heavy atom. The Labute approximate surface area is 109 Å². The highest BCUT2D eigenvalue weighted by Crippen LogP contribution is 2.23. The van der Waals surface area contributed by atoms with E-state index >= 15 is 0 Å². The second-order valence-electron chi connectivity index (χ2n) is 4.14. The minimum Gasteiger partial charge on any atom is -0.313 e. The molecule has 1 heterocycles. The molecule has 0 aliphatic heterocycles. The molecule has 100 valence electrons. The first-order valence-corrected chi connectivity index (χ1v) is 5.83. The van der Waals surface area contributed by atoms with Crippen LogP contribution in [0.4, 0.5) is 13.2 Å². The Balaban J connectivity index is 2.32. The number of nitrogens with zero attached hydrogens (tertiary/aromatic N) is 1. The van der Waals surface area contributed by atoms with Crippen molar-refractivity contribution in [3.63, 3.8) is 0 Å². The lowest BCUT2D eigenvalue weighted by Gasteiger charge is -2.17. The summed E-state index contributed by atoms with van der Waals surface area (Å²) in [5, 5.41) is 2.86. The van der Waals surface area contributed by atoms with Crippen molar-refractivity contribution >= 4 is 0 Å². The topological polar surface area (TPSA) is 24.9 Å². The first-order chi connectivity index (χ1) is 9.13. The number of likely N-dealkylation sites (N-methyl/N-ethyl adjacent to an activating group) is 1. The van der Waals surface area contributed by atoms with E-state index in [-0.39, 0.29) is 12.0 Å². The van der Waals surface area contributed by atoms with Crippen LogP contribution in [0.15, 0.2) is 36.7 Å². The van der Waals surface area contributed by atoms with Gasteiger partial charge in [-0.25, -0.2) is 13.2 Å². The highest BCUT2D eigenvalue weighted by molar-refractivity contribution is 5.25. The summed E-state index contributed by atoms with van der Waals surface area (Å²) >= 11 is 0. The van der Waals surface area contributed by atoms with E-state index in [9.17, 15) is 13.2 Å². The zero-order valence-electron chi connectivity index (χ0n) is 10.3. The SMILES string of the molecule is CNC(Cc1c(F)cccc1F)c1ccncc1F. The zero-order chi connectivity index (χ0) is 13.8. The molecule has 1 aromatic heterocycles. The number of aromatic nitrogens is 1. The van der Waals surface area contributed by atoms with Crippen LogP contribution < -0.4 is 5.32 Å². The van der Waals surface area contributed by atoms with Crippen LogP contribution in [0, 0.1) is 17.5 Å². The molecule has 1 N–H and O–H groups in total. The van der Waals surface area contributed by atoms with Gasteiger partial charge < -0.3 is 5.32 Å². The number of hydrogen-bond donors (Lipinski definition) is 1. The molecule has 0 amide bonds. The monoisotopic (exact) mass is 266 g/mol. The van der Waals surface area contributed by atoms with E-state index in [0.29, 0.717) is 5.56 Å². The van der Waals surface area contributed by atoms with Gasteiger partial charge in [-0.2, -0.15) is 0 Å². The van der Waals surface area contributed by atoms with E-state index < -0.39 is 23.5 Å². The minimum absolute atomic E-state index is 0.0237. The number of halogens is 3. The highest BCUT2D eigenvalue weighted by Gasteiger charge is 2.18. The number of nitrogens with one attached hydrogen (secondary N) is 1. The van der Waals surface area contributed by atoms with Crippen molar-refractivity contribution in [2.24, 2.45) is 0 Å². The summed E-state index contributed by atoms with van der Waals surface area (Å²) in [6, 6.07) is 4.65. The number of pyridine rings is 1.